The van der Waals surface area contributed by atoms with Crippen molar-refractivity contribution in [3.05, 3.63) is 33.7 Å². The first-order chi connectivity index (χ1) is 7.28. The van der Waals surface area contributed by atoms with E-state index in [9.17, 15) is 4.79 Å². The molecule has 1 atom stereocenters. The van der Waals surface area contributed by atoms with Crippen LogP contribution in [0.25, 0.3) is 0 Å². The number of hydrogen-bond donors (Lipinski definition) is 0. The number of allylic oxidation sites excluding steroid dienone is 3. The number of rotatable bonds is 0. The Hall–Kier alpha value is -0.580. The van der Waals surface area contributed by atoms with Crippen molar-refractivity contribution in [2.45, 2.75) is 33.2 Å². The number of carbonyl (C=O) groups excluding carboxylic acids is 1. The van der Waals surface area contributed by atoms with Gasteiger partial charge < -0.3 is 4.90 Å². The topological polar surface area (TPSA) is 20.3 Å². The van der Waals surface area contributed by atoms with Crippen molar-refractivity contribution < 1.29 is 4.79 Å². The molecule has 1 unspecified atom stereocenters. The molecule has 2 aliphatic heterocycles. The van der Waals surface area contributed by atoms with E-state index in [4.69, 9.17) is 0 Å². The highest BCUT2D eigenvalue weighted by atomic mass is 127. The van der Waals surface area contributed by atoms with Crippen molar-refractivity contribution in [1.82, 2.24) is 4.90 Å². The first kappa shape index (κ1) is 11.9. The second kappa shape index (κ2) is 3.45. The number of nitrogens with zero attached hydrogens (tertiary/aromatic N) is 1. The molecule has 0 saturated carbocycles. The molecule has 0 spiro atoms. The fraction of sp³-hybridized carbons (Fsp3) is 0.462. The van der Waals surface area contributed by atoms with Crippen molar-refractivity contribution >= 4 is 28.4 Å². The van der Waals surface area contributed by atoms with E-state index in [1.807, 2.05) is 31.4 Å². The van der Waals surface area contributed by atoms with Crippen molar-refractivity contribution in [3.63, 3.8) is 0 Å². The minimum Gasteiger partial charge on any atom is -0.333 e. The van der Waals surface area contributed by atoms with Gasteiger partial charge in [-0.3, -0.25) is 4.79 Å². The number of halogens is 1. The molecular weight excluding hydrogens is 313 g/mol. The Kier molecular flexibility index (Phi) is 2.57. The lowest BCUT2D eigenvalue weighted by atomic mass is 9.91. The zero-order valence-corrected chi connectivity index (χ0v) is 12.2. The van der Waals surface area contributed by atoms with Crippen LogP contribution in [0.5, 0.6) is 0 Å². The minimum absolute atomic E-state index is 0.0144. The van der Waals surface area contributed by atoms with Crippen LogP contribution in [0.1, 0.15) is 27.7 Å². The molecule has 0 saturated heterocycles. The summed E-state index contributed by atoms with van der Waals surface area (Å²) in [6.07, 6.45) is 7.91. The van der Waals surface area contributed by atoms with Gasteiger partial charge in [0.1, 0.15) is 5.54 Å². The number of hydrogen-bond acceptors (Lipinski definition) is 2. The van der Waals surface area contributed by atoms with Crippen LogP contribution in [0, 0.1) is 5.41 Å². The van der Waals surface area contributed by atoms with E-state index in [1.54, 1.807) is 0 Å². The average Bonchev–Trinajstić information content (AvgIpc) is 2.37. The van der Waals surface area contributed by atoms with Crippen LogP contribution in [-0.2, 0) is 4.79 Å². The van der Waals surface area contributed by atoms with Gasteiger partial charge >= 0.3 is 0 Å². The Morgan fingerprint density at radius 1 is 1.31 bits per heavy atom. The van der Waals surface area contributed by atoms with Gasteiger partial charge in [-0.15, -0.1) is 0 Å². The van der Waals surface area contributed by atoms with Crippen LogP contribution in [0.15, 0.2) is 33.7 Å². The van der Waals surface area contributed by atoms with Crippen molar-refractivity contribution in [3.8, 4) is 0 Å². The predicted octanol–water partition coefficient (Wildman–Crippen LogP) is 3.41. The molecule has 0 aromatic heterocycles. The van der Waals surface area contributed by atoms with E-state index in [2.05, 4.69) is 48.3 Å². The molecule has 2 nitrogen and oxygen atoms in total. The molecule has 0 aromatic carbocycles. The summed E-state index contributed by atoms with van der Waals surface area (Å²) in [4.78, 5) is 14.4. The second-order valence-electron chi connectivity index (χ2n) is 5.46. The van der Waals surface area contributed by atoms with Crippen LogP contribution in [-0.4, -0.2) is 16.2 Å². The number of fused-ring (bicyclic) bond motifs is 1. The van der Waals surface area contributed by atoms with Gasteiger partial charge in [-0.2, -0.15) is 0 Å². The summed E-state index contributed by atoms with van der Waals surface area (Å²) in [7, 11) is 0. The molecule has 0 bridgehead atoms. The minimum atomic E-state index is -0.506. The van der Waals surface area contributed by atoms with Crippen molar-refractivity contribution in [1.29, 1.82) is 0 Å². The molecule has 0 radical (unpaired) electrons. The Balaban J connectivity index is 2.59. The maximum absolute atomic E-state index is 12.3. The second-order valence-corrected chi connectivity index (χ2v) is 6.54. The Morgan fingerprint density at radius 2 is 1.94 bits per heavy atom. The zero-order chi connectivity index (χ0) is 12.1. The molecule has 2 aliphatic rings. The van der Waals surface area contributed by atoms with E-state index in [0.717, 1.165) is 9.28 Å². The third-order valence-electron chi connectivity index (χ3n) is 3.09. The molecule has 3 heteroatoms. The van der Waals surface area contributed by atoms with Gasteiger partial charge in [0.2, 0.25) is 0 Å². The molecule has 0 aromatic rings. The summed E-state index contributed by atoms with van der Waals surface area (Å²) >= 11 is 2.18. The summed E-state index contributed by atoms with van der Waals surface area (Å²) in [5, 5.41) is 0. The van der Waals surface area contributed by atoms with Crippen LogP contribution in [0.4, 0.5) is 0 Å². The van der Waals surface area contributed by atoms with Crippen LogP contribution in [0.3, 0.4) is 0 Å². The maximum atomic E-state index is 12.3. The van der Waals surface area contributed by atoms with E-state index in [-0.39, 0.29) is 11.2 Å². The van der Waals surface area contributed by atoms with Gasteiger partial charge in [0.25, 0.3) is 0 Å². The summed E-state index contributed by atoms with van der Waals surface area (Å²) < 4.78 is 0.865. The molecule has 0 amide bonds. The number of Topliss-reactive ketones (excluding diaryl/α,β-unsaturated/α-hetero) is 1. The summed E-state index contributed by atoms with van der Waals surface area (Å²) in [6, 6.07) is 0. The SMILES string of the molecule is CC(C)(C)C1=C(I)C(=O)C2(C)C=CC=CN12. The summed E-state index contributed by atoms with van der Waals surface area (Å²) in [5.74, 6) is 0.207. The fourth-order valence-electron chi connectivity index (χ4n) is 2.23. The maximum Gasteiger partial charge on any atom is 0.200 e. The standard InChI is InChI=1S/C13H16INO/c1-12(2,3)10-9(14)11(16)13(4)7-5-6-8-15(10)13/h5-8H,1-4H3. The Labute approximate surface area is 110 Å². The van der Waals surface area contributed by atoms with Crippen molar-refractivity contribution in [2.24, 2.45) is 5.41 Å². The first-order valence-electron chi connectivity index (χ1n) is 5.39. The van der Waals surface area contributed by atoms with Crippen molar-refractivity contribution in [2.75, 3.05) is 0 Å². The molecular formula is C13H16INO. The van der Waals surface area contributed by atoms with E-state index >= 15 is 0 Å². The number of ketones is 1. The fourth-order valence-corrected chi connectivity index (χ4v) is 3.85. The van der Waals surface area contributed by atoms with Gasteiger partial charge in [-0.1, -0.05) is 32.9 Å². The highest BCUT2D eigenvalue weighted by Gasteiger charge is 2.49. The smallest absolute Gasteiger partial charge is 0.200 e. The third kappa shape index (κ3) is 1.48. The van der Waals surface area contributed by atoms with Gasteiger partial charge in [-0.05, 0) is 35.6 Å². The largest absolute Gasteiger partial charge is 0.333 e. The van der Waals surface area contributed by atoms with Crippen LogP contribution < -0.4 is 0 Å². The highest BCUT2D eigenvalue weighted by Crippen LogP contribution is 2.46. The predicted molar refractivity (Wildman–Crippen MR) is 74.0 cm³/mol. The average molecular weight is 329 g/mol. The van der Waals surface area contributed by atoms with Crippen LogP contribution >= 0.6 is 22.6 Å². The van der Waals surface area contributed by atoms with Gasteiger partial charge in [0.15, 0.2) is 5.78 Å². The quantitative estimate of drug-likeness (QED) is 0.635. The Bertz CT molecular complexity index is 439. The van der Waals surface area contributed by atoms with Gasteiger partial charge in [-0.25, -0.2) is 0 Å². The molecule has 2 heterocycles. The van der Waals surface area contributed by atoms with E-state index in [0.29, 0.717) is 0 Å². The third-order valence-corrected chi connectivity index (χ3v) is 4.09. The number of carbonyl (C=O) groups is 1. The molecule has 0 fully saturated rings. The van der Waals surface area contributed by atoms with Gasteiger partial charge in [0.05, 0.1) is 3.58 Å². The zero-order valence-electron chi connectivity index (χ0n) is 10.0. The van der Waals surface area contributed by atoms with E-state index < -0.39 is 5.54 Å². The lowest BCUT2D eigenvalue weighted by Crippen LogP contribution is -2.44. The summed E-state index contributed by atoms with van der Waals surface area (Å²) in [5.41, 5.74) is 0.606. The molecule has 0 aliphatic carbocycles. The van der Waals surface area contributed by atoms with E-state index in [1.165, 1.54) is 0 Å². The highest BCUT2D eigenvalue weighted by molar-refractivity contribution is 14.1. The first-order valence-corrected chi connectivity index (χ1v) is 6.47. The normalized spacial score (nSPS) is 29.1. The summed E-state index contributed by atoms with van der Waals surface area (Å²) in [6.45, 7) is 8.41. The van der Waals surface area contributed by atoms with Crippen LogP contribution in [0.2, 0.25) is 0 Å². The van der Waals surface area contributed by atoms with Gasteiger partial charge in [0, 0.05) is 17.3 Å². The monoisotopic (exact) mass is 329 g/mol. The molecule has 86 valence electrons. The molecule has 0 N–H and O–H groups in total. The molecule has 2 rings (SSSR count). The Morgan fingerprint density at radius 3 is 2.50 bits per heavy atom. The molecule has 16 heavy (non-hydrogen) atoms. The lowest BCUT2D eigenvalue weighted by molar-refractivity contribution is -0.119. The lowest BCUT2D eigenvalue weighted by Gasteiger charge is -2.38.